The fourth-order valence-electron chi connectivity index (χ4n) is 1.83. The van der Waals surface area contributed by atoms with Gasteiger partial charge in [-0.3, -0.25) is 0 Å². The van der Waals surface area contributed by atoms with E-state index in [2.05, 4.69) is 15.0 Å². The second kappa shape index (κ2) is 7.02. The number of hydrogen-bond donors (Lipinski definition) is 2. The normalized spacial score (nSPS) is 11.5. The van der Waals surface area contributed by atoms with E-state index in [9.17, 15) is 8.42 Å². The number of hydrogen-bond acceptors (Lipinski definition) is 5. The first kappa shape index (κ1) is 15.9. The highest BCUT2D eigenvalue weighted by Crippen LogP contribution is 2.22. The second-order valence-corrected chi connectivity index (χ2v) is 7.28. The lowest BCUT2D eigenvalue weighted by molar-refractivity contribution is 0.581. The summed E-state index contributed by atoms with van der Waals surface area (Å²) in [6.45, 7) is 4.87. The Labute approximate surface area is 129 Å². The number of anilines is 1. The maximum Gasteiger partial charge on any atom is 0.242 e. The zero-order valence-corrected chi connectivity index (χ0v) is 13.7. The van der Waals surface area contributed by atoms with Gasteiger partial charge in [-0.1, -0.05) is 19.1 Å². The van der Waals surface area contributed by atoms with Crippen LogP contribution in [0.3, 0.4) is 0 Å². The summed E-state index contributed by atoms with van der Waals surface area (Å²) in [4.78, 5) is 5.57. The van der Waals surface area contributed by atoms with Gasteiger partial charge < -0.3 is 5.32 Å². The SMILES string of the molecule is CCCNS(=O)(=O)c1ccccc1NCc1scnc1C. The number of thiazole rings is 1. The van der Waals surface area contributed by atoms with Crippen LogP contribution < -0.4 is 10.0 Å². The number of nitrogens with zero attached hydrogens (tertiary/aromatic N) is 1. The monoisotopic (exact) mass is 325 g/mol. The molecule has 0 spiro atoms. The summed E-state index contributed by atoms with van der Waals surface area (Å²) in [6, 6.07) is 6.93. The van der Waals surface area contributed by atoms with Gasteiger partial charge >= 0.3 is 0 Å². The maximum absolute atomic E-state index is 12.3. The molecule has 2 N–H and O–H groups in total. The molecule has 7 heteroatoms. The Hall–Kier alpha value is -1.44. The van der Waals surface area contributed by atoms with E-state index in [4.69, 9.17) is 0 Å². The molecule has 0 radical (unpaired) electrons. The Morgan fingerprint density at radius 3 is 2.71 bits per heavy atom. The largest absolute Gasteiger partial charge is 0.379 e. The van der Waals surface area contributed by atoms with Gasteiger partial charge in [0.2, 0.25) is 10.0 Å². The highest BCUT2D eigenvalue weighted by Gasteiger charge is 2.17. The molecule has 0 amide bonds. The fourth-order valence-corrected chi connectivity index (χ4v) is 3.87. The van der Waals surface area contributed by atoms with E-state index in [1.807, 2.05) is 19.9 Å². The van der Waals surface area contributed by atoms with Gasteiger partial charge in [0.1, 0.15) is 4.90 Å². The Morgan fingerprint density at radius 2 is 2.05 bits per heavy atom. The van der Waals surface area contributed by atoms with Crippen molar-refractivity contribution in [3.05, 3.63) is 40.3 Å². The molecule has 0 unspecified atom stereocenters. The van der Waals surface area contributed by atoms with Gasteiger partial charge in [-0.05, 0) is 25.5 Å². The topological polar surface area (TPSA) is 71.1 Å². The summed E-state index contributed by atoms with van der Waals surface area (Å²) < 4.78 is 27.2. The summed E-state index contributed by atoms with van der Waals surface area (Å²) in [6.07, 6.45) is 0.759. The van der Waals surface area contributed by atoms with E-state index in [0.717, 1.165) is 17.0 Å². The third-order valence-electron chi connectivity index (χ3n) is 3.00. The van der Waals surface area contributed by atoms with Crippen molar-refractivity contribution < 1.29 is 8.42 Å². The maximum atomic E-state index is 12.3. The Balaban J connectivity index is 2.19. The Morgan fingerprint density at radius 1 is 1.29 bits per heavy atom. The molecule has 0 saturated heterocycles. The number of aryl methyl sites for hydroxylation is 1. The van der Waals surface area contributed by atoms with Gasteiger partial charge in [-0.2, -0.15) is 0 Å². The van der Waals surface area contributed by atoms with Crippen molar-refractivity contribution in [2.45, 2.75) is 31.7 Å². The standard InChI is InChI=1S/C14H19N3O2S2/c1-3-8-17-21(18,19)14-7-5-4-6-12(14)15-9-13-11(2)16-10-20-13/h4-7,10,15,17H,3,8-9H2,1-2H3. The van der Waals surface area contributed by atoms with Gasteiger partial charge in [0.25, 0.3) is 0 Å². The molecule has 1 aromatic carbocycles. The van der Waals surface area contributed by atoms with Gasteiger partial charge in [0.05, 0.1) is 23.4 Å². The molecule has 0 fully saturated rings. The molecule has 5 nitrogen and oxygen atoms in total. The van der Waals surface area contributed by atoms with Crippen molar-refractivity contribution in [2.24, 2.45) is 0 Å². The zero-order chi connectivity index (χ0) is 15.3. The average molecular weight is 325 g/mol. The zero-order valence-electron chi connectivity index (χ0n) is 12.1. The van der Waals surface area contributed by atoms with Crippen LogP contribution in [0.1, 0.15) is 23.9 Å². The van der Waals surface area contributed by atoms with Crippen molar-refractivity contribution in [3.8, 4) is 0 Å². The third-order valence-corrected chi connectivity index (χ3v) is 5.46. The van der Waals surface area contributed by atoms with Crippen LogP contribution in [0.5, 0.6) is 0 Å². The highest BCUT2D eigenvalue weighted by atomic mass is 32.2. The van der Waals surface area contributed by atoms with Crippen molar-refractivity contribution >= 4 is 27.0 Å². The summed E-state index contributed by atoms with van der Waals surface area (Å²) in [5, 5.41) is 3.19. The van der Waals surface area contributed by atoms with Crippen LogP contribution >= 0.6 is 11.3 Å². The summed E-state index contributed by atoms with van der Waals surface area (Å²) in [5.41, 5.74) is 3.36. The number of nitrogens with one attached hydrogen (secondary N) is 2. The van der Waals surface area contributed by atoms with E-state index in [1.54, 1.807) is 35.0 Å². The Bertz CT molecular complexity index is 696. The predicted octanol–water partition coefficient (Wildman–Crippen LogP) is 2.75. The van der Waals surface area contributed by atoms with Crippen molar-refractivity contribution in [2.75, 3.05) is 11.9 Å². The molecular weight excluding hydrogens is 306 g/mol. The molecule has 0 saturated carbocycles. The summed E-state index contributed by atoms with van der Waals surface area (Å²) >= 11 is 1.56. The molecular formula is C14H19N3O2S2. The molecule has 0 atom stereocenters. The van der Waals surface area contributed by atoms with Crippen molar-refractivity contribution in [1.29, 1.82) is 0 Å². The molecule has 0 aliphatic rings. The molecule has 1 aromatic heterocycles. The summed E-state index contributed by atoms with van der Waals surface area (Å²) in [5.74, 6) is 0. The molecule has 0 bridgehead atoms. The quantitative estimate of drug-likeness (QED) is 0.821. The van der Waals surface area contributed by atoms with E-state index >= 15 is 0 Å². The average Bonchev–Trinajstić information content (AvgIpc) is 2.88. The lowest BCUT2D eigenvalue weighted by Crippen LogP contribution is -2.25. The van der Waals surface area contributed by atoms with Crippen LogP contribution in [0.15, 0.2) is 34.7 Å². The lowest BCUT2D eigenvalue weighted by atomic mass is 10.3. The van der Waals surface area contributed by atoms with Crippen LogP contribution in [0.4, 0.5) is 5.69 Å². The van der Waals surface area contributed by atoms with Crippen LogP contribution in [0.2, 0.25) is 0 Å². The molecule has 114 valence electrons. The minimum Gasteiger partial charge on any atom is -0.379 e. The van der Waals surface area contributed by atoms with Gasteiger partial charge in [-0.15, -0.1) is 11.3 Å². The van der Waals surface area contributed by atoms with E-state index in [0.29, 0.717) is 18.8 Å². The number of rotatable bonds is 7. The van der Waals surface area contributed by atoms with Crippen LogP contribution in [0.25, 0.3) is 0 Å². The number of benzene rings is 1. The lowest BCUT2D eigenvalue weighted by Gasteiger charge is -2.12. The van der Waals surface area contributed by atoms with Crippen LogP contribution in [-0.4, -0.2) is 19.9 Å². The third kappa shape index (κ3) is 4.03. The van der Waals surface area contributed by atoms with Gasteiger partial charge in [0.15, 0.2) is 0 Å². The van der Waals surface area contributed by atoms with Crippen LogP contribution in [0, 0.1) is 6.92 Å². The number of para-hydroxylation sites is 1. The van der Waals surface area contributed by atoms with E-state index < -0.39 is 10.0 Å². The van der Waals surface area contributed by atoms with E-state index in [-0.39, 0.29) is 4.90 Å². The first-order chi connectivity index (χ1) is 10.0. The molecule has 0 aliphatic carbocycles. The predicted molar refractivity (Wildman–Crippen MR) is 86.1 cm³/mol. The minimum atomic E-state index is -3.48. The van der Waals surface area contributed by atoms with E-state index in [1.165, 1.54) is 0 Å². The minimum absolute atomic E-state index is 0.278. The van der Waals surface area contributed by atoms with Crippen LogP contribution in [-0.2, 0) is 16.6 Å². The molecule has 2 rings (SSSR count). The highest BCUT2D eigenvalue weighted by molar-refractivity contribution is 7.89. The fraction of sp³-hybridized carbons (Fsp3) is 0.357. The van der Waals surface area contributed by atoms with Gasteiger partial charge in [0, 0.05) is 11.4 Å². The van der Waals surface area contributed by atoms with Gasteiger partial charge in [-0.25, -0.2) is 18.1 Å². The molecule has 1 heterocycles. The Kier molecular flexibility index (Phi) is 5.33. The number of sulfonamides is 1. The molecule has 0 aliphatic heterocycles. The van der Waals surface area contributed by atoms with Crippen molar-refractivity contribution in [1.82, 2.24) is 9.71 Å². The molecule has 2 aromatic rings. The summed E-state index contributed by atoms with van der Waals surface area (Å²) in [7, 11) is -3.48. The first-order valence-electron chi connectivity index (χ1n) is 6.76. The number of aromatic nitrogens is 1. The smallest absolute Gasteiger partial charge is 0.242 e. The molecule has 21 heavy (non-hydrogen) atoms. The second-order valence-electron chi connectivity index (χ2n) is 4.61. The van der Waals surface area contributed by atoms with Crippen molar-refractivity contribution in [3.63, 3.8) is 0 Å². The first-order valence-corrected chi connectivity index (χ1v) is 9.12.